The molecule has 2 heteroatoms. The van der Waals surface area contributed by atoms with Crippen LogP contribution in [0, 0.1) is 6.92 Å². The number of benzene rings is 2. The highest BCUT2D eigenvalue weighted by Crippen LogP contribution is 2.34. The molecule has 0 spiro atoms. The SMILES string of the molecule is COc1ccccc1Sc1ccc(C)cc1. The number of hydrogen-bond donors (Lipinski definition) is 0. The maximum atomic E-state index is 5.32. The monoisotopic (exact) mass is 230 g/mol. The lowest BCUT2D eigenvalue weighted by molar-refractivity contribution is 0.405. The zero-order valence-electron chi connectivity index (χ0n) is 9.44. The molecule has 0 aliphatic rings. The predicted molar refractivity (Wildman–Crippen MR) is 68.3 cm³/mol. The molecule has 2 aromatic carbocycles. The molecule has 0 atom stereocenters. The molecular weight excluding hydrogens is 216 g/mol. The first-order valence-electron chi connectivity index (χ1n) is 5.17. The van der Waals surface area contributed by atoms with E-state index in [2.05, 4.69) is 37.3 Å². The first kappa shape index (κ1) is 11.1. The van der Waals surface area contributed by atoms with Gasteiger partial charge in [0, 0.05) is 4.90 Å². The average Bonchev–Trinajstić information content (AvgIpc) is 2.33. The smallest absolute Gasteiger partial charge is 0.132 e. The summed E-state index contributed by atoms with van der Waals surface area (Å²) >= 11 is 1.72. The quantitative estimate of drug-likeness (QED) is 0.783. The Morgan fingerprint density at radius 1 is 0.938 bits per heavy atom. The van der Waals surface area contributed by atoms with Crippen LogP contribution < -0.4 is 4.74 Å². The molecule has 1 nitrogen and oxygen atoms in total. The minimum atomic E-state index is 0.924. The Morgan fingerprint density at radius 3 is 2.31 bits per heavy atom. The topological polar surface area (TPSA) is 9.23 Å². The van der Waals surface area contributed by atoms with Crippen molar-refractivity contribution in [2.75, 3.05) is 7.11 Å². The fraction of sp³-hybridized carbons (Fsp3) is 0.143. The molecule has 0 fully saturated rings. The molecule has 0 aliphatic heterocycles. The number of rotatable bonds is 3. The van der Waals surface area contributed by atoms with Crippen molar-refractivity contribution >= 4 is 11.8 Å². The summed E-state index contributed by atoms with van der Waals surface area (Å²) < 4.78 is 5.32. The normalized spacial score (nSPS) is 10.1. The largest absolute Gasteiger partial charge is 0.496 e. The lowest BCUT2D eigenvalue weighted by atomic mass is 10.2. The van der Waals surface area contributed by atoms with Crippen LogP contribution in [-0.2, 0) is 0 Å². The van der Waals surface area contributed by atoms with Crippen LogP contribution in [0.1, 0.15) is 5.56 Å². The van der Waals surface area contributed by atoms with Crippen molar-refractivity contribution in [2.24, 2.45) is 0 Å². The maximum Gasteiger partial charge on any atom is 0.132 e. The molecule has 0 saturated carbocycles. The summed E-state index contributed by atoms with van der Waals surface area (Å²) in [6, 6.07) is 16.6. The highest BCUT2D eigenvalue weighted by atomic mass is 32.2. The number of hydrogen-bond acceptors (Lipinski definition) is 2. The molecule has 0 N–H and O–H groups in total. The highest BCUT2D eigenvalue weighted by molar-refractivity contribution is 7.99. The number of para-hydroxylation sites is 1. The minimum absolute atomic E-state index is 0.924. The molecule has 0 bridgehead atoms. The summed E-state index contributed by atoms with van der Waals surface area (Å²) in [4.78, 5) is 2.38. The Hall–Kier alpha value is -1.41. The van der Waals surface area contributed by atoms with Gasteiger partial charge in [0.15, 0.2) is 0 Å². The van der Waals surface area contributed by atoms with Gasteiger partial charge in [0.05, 0.1) is 12.0 Å². The third kappa shape index (κ3) is 2.58. The van der Waals surface area contributed by atoms with E-state index in [9.17, 15) is 0 Å². The summed E-state index contributed by atoms with van der Waals surface area (Å²) in [6.45, 7) is 2.09. The van der Waals surface area contributed by atoms with Gasteiger partial charge in [0.2, 0.25) is 0 Å². The Morgan fingerprint density at radius 2 is 1.62 bits per heavy atom. The lowest BCUT2D eigenvalue weighted by Gasteiger charge is -2.07. The Labute approximate surface area is 100 Å². The summed E-state index contributed by atoms with van der Waals surface area (Å²) in [7, 11) is 1.70. The first-order chi connectivity index (χ1) is 7.79. The van der Waals surface area contributed by atoms with Gasteiger partial charge in [-0.3, -0.25) is 0 Å². The molecule has 16 heavy (non-hydrogen) atoms. The van der Waals surface area contributed by atoms with Gasteiger partial charge in [0.1, 0.15) is 5.75 Å². The van der Waals surface area contributed by atoms with Gasteiger partial charge in [0.25, 0.3) is 0 Å². The average molecular weight is 230 g/mol. The molecule has 0 radical (unpaired) electrons. The van der Waals surface area contributed by atoms with Crippen LogP contribution in [0.5, 0.6) is 5.75 Å². The summed E-state index contributed by atoms with van der Waals surface area (Å²) in [5, 5.41) is 0. The van der Waals surface area contributed by atoms with E-state index in [1.54, 1.807) is 18.9 Å². The predicted octanol–water partition coefficient (Wildman–Crippen LogP) is 4.15. The van der Waals surface area contributed by atoms with Crippen LogP contribution in [0.25, 0.3) is 0 Å². The van der Waals surface area contributed by atoms with Crippen molar-refractivity contribution in [3.05, 3.63) is 54.1 Å². The molecule has 0 saturated heterocycles. The molecule has 0 aromatic heterocycles. The Balaban J connectivity index is 2.23. The van der Waals surface area contributed by atoms with Crippen molar-refractivity contribution in [2.45, 2.75) is 16.7 Å². The van der Waals surface area contributed by atoms with E-state index in [0.29, 0.717) is 0 Å². The Bertz CT molecular complexity index is 462. The van der Waals surface area contributed by atoms with Crippen molar-refractivity contribution in [1.29, 1.82) is 0 Å². The highest BCUT2D eigenvalue weighted by Gasteiger charge is 2.03. The van der Waals surface area contributed by atoms with Gasteiger partial charge in [-0.15, -0.1) is 0 Å². The molecule has 82 valence electrons. The van der Waals surface area contributed by atoms with Gasteiger partial charge in [-0.05, 0) is 31.2 Å². The van der Waals surface area contributed by atoms with Crippen LogP contribution in [0.15, 0.2) is 58.3 Å². The first-order valence-corrected chi connectivity index (χ1v) is 5.99. The lowest BCUT2D eigenvalue weighted by Crippen LogP contribution is -1.85. The van der Waals surface area contributed by atoms with Crippen molar-refractivity contribution in [3.63, 3.8) is 0 Å². The van der Waals surface area contributed by atoms with E-state index in [1.807, 2.05) is 18.2 Å². The van der Waals surface area contributed by atoms with Gasteiger partial charge in [-0.1, -0.05) is 41.6 Å². The molecule has 2 aromatic rings. The van der Waals surface area contributed by atoms with Crippen LogP contribution in [0.4, 0.5) is 0 Å². The van der Waals surface area contributed by atoms with Crippen LogP contribution in [0.2, 0.25) is 0 Å². The summed E-state index contributed by atoms with van der Waals surface area (Å²) in [6.07, 6.45) is 0. The van der Waals surface area contributed by atoms with Gasteiger partial charge in [-0.2, -0.15) is 0 Å². The fourth-order valence-electron chi connectivity index (χ4n) is 1.44. The second-order valence-electron chi connectivity index (χ2n) is 3.57. The standard InChI is InChI=1S/C14H14OS/c1-11-7-9-12(10-8-11)16-14-6-4-3-5-13(14)15-2/h3-10H,1-2H3. The van der Waals surface area contributed by atoms with Crippen molar-refractivity contribution < 1.29 is 4.74 Å². The third-order valence-corrected chi connectivity index (χ3v) is 3.38. The number of ether oxygens (including phenoxy) is 1. The zero-order valence-corrected chi connectivity index (χ0v) is 10.3. The molecule has 0 unspecified atom stereocenters. The van der Waals surface area contributed by atoms with E-state index in [0.717, 1.165) is 10.6 Å². The minimum Gasteiger partial charge on any atom is -0.496 e. The number of methoxy groups -OCH3 is 1. The summed E-state index contributed by atoms with van der Waals surface area (Å²) in [5.41, 5.74) is 1.28. The van der Waals surface area contributed by atoms with Gasteiger partial charge in [-0.25, -0.2) is 0 Å². The van der Waals surface area contributed by atoms with Crippen LogP contribution in [0.3, 0.4) is 0 Å². The van der Waals surface area contributed by atoms with Crippen molar-refractivity contribution in [1.82, 2.24) is 0 Å². The summed E-state index contributed by atoms with van der Waals surface area (Å²) in [5.74, 6) is 0.924. The third-order valence-electron chi connectivity index (χ3n) is 2.32. The molecule has 0 amide bonds. The maximum absolute atomic E-state index is 5.32. The molecule has 2 rings (SSSR count). The van der Waals surface area contributed by atoms with E-state index in [4.69, 9.17) is 4.74 Å². The van der Waals surface area contributed by atoms with E-state index < -0.39 is 0 Å². The zero-order chi connectivity index (χ0) is 11.4. The van der Waals surface area contributed by atoms with Crippen molar-refractivity contribution in [3.8, 4) is 5.75 Å². The number of aryl methyl sites for hydroxylation is 1. The van der Waals surface area contributed by atoms with E-state index in [1.165, 1.54) is 10.5 Å². The Kier molecular flexibility index (Phi) is 3.52. The van der Waals surface area contributed by atoms with Gasteiger partial charge < -0.3 is 4.74 Å². The molecular formula is C14H14OS. The van der Waals surface area contributed by atoms with Crippen LogP contribution >= 0.6 is 11.8 Å². The van der Waals surface area contributed by atoms with Crippen LogP contribution in [-0.4, -0.2) is 7.11 Å². The molecule has 0 heterocycles. The van der Waals surface area contributed by atoms with E-state index in [-0.39, 0.29) is 0 Å². The fourth-order valence-corrected chi connectivity index (χ4v) is 2.36. The molecule has 0 aliphatic carbocycles. The van der Waals surface area contributed by atoms with E-state index >= 15 is 0 Å². The second kappa shape index (κ2) is 5.08. The second-order valence-corrected chi connectivity index (χ2v) is 4.68. The van der Waals surface area contributed by atoms with Gasteiger partial charge >= 0.3 is 0 Å².